The standard InChI is InChI=1S/C17H9BrClFO/c18-14-8-7-13(16(20)15(14)19)17(21)12-6-5-10-3-1-2-4-11(10)9-12/h1-9H. The molecule has 0 fully saturated rings. The molecule has 0 aliphatic heterocycles. The van der Waals surface area contributed by atoms with Gasteiger partial charge in [-0.25, -0.2) is 4.39 Å². The minimum atomic E-state index is -0.704. The molecule has 104 valence electrons. The first kappa shape index (κ1) is 14.2. The Morgan fingerprint density at radius 3 is 2.48 bits per heavy atom. The first-order chi connectivity index (χ1) is 10.1. The van der Waals surface area contributed by atoms with E-state index in [0.29, 0.717) is 10.0 Å². The van der Waals surface area contributed by atoms with Gasteiger partial charge < -0.3 is 0 Å². The van der Waals surface area contributed by atoms with E-state index in [1.54, 1.807) is 18.2 Å². The molecule has 3 aromatic rings. The van der Waals surface area contributed by atoms with E-state index in [4.69, 9.17) is 11.6 Å². The van der Waals surface area contributed by atoms with Gasteiger partial charge >= 0.3 is 0 Å². The maximum absolute atomic E-state index is 14.1. The predicted molar refractivity (Wildman–Crippen MR) is 86.5 cm³/mol. The summed E-state index contributed by atoms with van der Waals surface area (Å²) in [6, 6.07) is 16.0. The molecule has 0 N–H and O–H groups in total. The van der Waals surface area contributed by atoms with Crippen LogP contribution in [-0.4, -0.2) is 5.78 Å². The molecular weight excluding hydrogens is 355 g/mol. The highest BCUT2D eigenvalue weighted by Gasteiger charge is 2.18. The molecule has 0 aromatic heterocycles. The van der Waals surface area contributed by atoms with E-state index in [2.05, 4.69) is 15.9 Å². The second kappa shape index (κ2) is 5.58. The Morgan fingerprint density at radius 1 is 1.00 bits per heavy atom. The Bertz CT molecular complexity index is 861. The van der Waals surface area contributed by atoms with Gasteiger partial charge in [0.25, 0.3) is 0 Å². The minimum absolute atomic E-state index is 0.0292. The number of carbonyl (C=O) groups is 1. The Kier molecular flexibility index (Phi) is 3.79. The summed E-state index contributed by atoms with van der Waals surface area (Å²) in [6.07, 6.45) is 0. The Morgan fingerprint density at radius 2 is 1.71 bits per heavy atom. The van der Waals surface area contributed by atoms with Crippen molar-refractivity contribution < 1.29 is 9.18 Å². The lowest BCUT2D eigenvalue weighted by atomic mass is 10.00. The van der Waals surface area contributed by atoms with E-state index in [1.165, 1.54) is 6.07 Å². The molecule has 0 bridgehead atoms. The Balaban J connectivity index is 2.10. The summed E-state index contributed by atoms with van der Waals surface area (Å²) in [6.45, 7) is 0. The van der Waals surface area contributed by atoms with Gasteiger partial charge in [-0.1, -0.05) is 48.0 Å². The molecule has 4 heteroatoms. The summed E-state index contributed by atoms with van der Waals surface area (Å²) < 4.78 is 14.6. The van der Waals surface area contributed by atoms with Crippen LogP contribution in [0.4, 0.5) is 4.39 Å². The lowest BCUT2D eigenvalue weighted by Gasteiger charge is -2.06. The van der Waals surface area contributed by atoms with E-state index in [9.17, 15) is 9.18 Å². The molecule has 0 aliphatic rings. The van der Waals surface area contributed by atoms with Gasteiger partial charge in [0.2, 0.25) is 0 Å². The van der Waals surface area contributed by atoms with Crippen molar-refractivity contribution in [1.29, 1.82) is 0 Å². The van der Waals surface area contributed by atoms with Crippen LogP contribution in [-0.2, 0) is 0 Å². The minimum Gasteiger partial charge on any atom is -0.288 e. The van der Waals surface area contributed by atoms with Crippen molar-refractivity contribution in [3.63, 3.8) is 0 Å². The number of hydrogen-bond acceptors (Lipinski definition) is 1. The molecule has 0 aliphatic carbocycles. The molecule has 0 heterocycles. The second-order valence-corrected chi connectivity index (χ2v) is 5.85. The zero-order valence-corrected chi connectivity index (χ0v) is 13.1. The van der Waals surface area contributed by atoms with Crippen LogP contribution >= 0.6 is 27.5 Å². The molecule has 21 heavy (non-hydrogen) atoms. The summed E-state index contributed by atoms with van der Waals surface area (Å²) in [4.78, 5) is 12.5. The number of ketones is 1. The summed E-state index contributed by atoms with van der Waals surface area (Å²) in [5.41, 5.74) is 0.407. The lowest BCUT2D eigenvalue weighted by molar-refractivity contribution is 0.103. The summed E-state index contributed by atoms with van der Waals surface area (Å²) in [7, 11) is 0. The highest BCUT2D eigenvalue weighted by Crippen LogP contribution is 2.29. The maximum Gasteiger partial charge on any atom is 0.196 e. The van der Waals surface area contributed by atoms with Crippen LogP contribution in [0.25, 0.3) is 10.8 Å². The quantitative estimate of drug-likeness (QED) is 0.426. The van der Waals surface area contributed by atoms with Crippen molar-refractivity contribution in [1.82, 2.24) is 0 Å². The first-order valence-corrected chi connectivity index (χ1v) is 7.42. The number of benzene rings is 3. The average molecular weight is 364 g/mol. The van der Waals surface area contributed by atoms with E-state index >= 15 is 0 Å². The molecule has 0 spiro atoms. The van der Waals surface area contributed by atoms with Crippen molar-refractivity contribution in [3.8, 4) is 0 Å². The van der Waals surface area contributed by atoms with Gasteiger partial charge in [-0.05, 0) is 44.9 Å². The average Bonchev–Trinajstić information content (AvgIpc) is 2.52. The maximum atomic E-state index is 14.1. The molecule has 1 nitrogen and oxygen atoms in total. The third kappa shape index (κ3) is 2.59. The monoisotopic (exact) mass is 362 g/mol. The van der Waals surface area contributed by atoms with Crippen molar-refractivity contribution in [2.75, 3.05) is 0 Å². The topological polar surface area (TPSA) is 17.1 Å². The largest absolute Gasteiger partial charge is 0.288 e. The fraction of sp³-hybridized carbons (Fsp3) is 0. The fourth-order valence-electron chi connectivity index (χ4n) is 2.19. The zero-order valence-electron chi connectivity index (χ0n) is 10.7. The van der Waals surface area contributed by atoms with Crippen molar-refractivity contribution in [3.05, 3.63) is 81.0 Å². The molecule has 0 atom stereocenters. The van der Waals surface area contributed by atoms with Crippen LogP contribution in [0.3, 0.4) is 0 Å². The van der Waals surface area contributed by atoms with Crippen LogP contribution in [0.1, 0.15) is 15.9 Å². The first-order valence-electron chi connectivity index (χ1n) is 6.25. The molecule has 3 rings (SSSR count). The smallest absolute Gasteiger partial charge is 0.196 e. The number of hydrogen-bond donors (Lipinski definition) is 0. The van der Waals surface area contributed by atoms with E-state index in [-0.39, 0.29) is 16.4 Å². The molecule has 0 saturated heterocycles. The van der Waals surface area contributed by atoms with Gasteiger partial charge in [0.15, 0.2) is 11.6 Å². The number of halogens is 3. The molecule has 0 amide bonds. The number of fused-ring (bicyclic) bond motifs is 1. The van der Waals surface area contributed by atoms with Crippen molar-refractivity contribution in [2.45, 2.75) is 0 Å². The third-order valence-electron chi connectivity index (χ3n) is 3.29. The zero-order chi connectivity index (χ0) is 15.0. The normalized spacial score (nSPS) is 10.8. The van der Waals surface area contributed by atoms with Crippen LogP contribution in [0.15, 0.2) is 59.1 Å². The lowest BCUT2D eigenvalue weighted by Crippen LogP contribution is -2.05. The van der Waals surface area contributed by atoms with Crippen LogP contribution in [0.5, 0.6) is 0 Å². The third-order valence-corrected chi connectivity index (χ3v) is 4.55. The van der Waals surface area contributed by atoms with Gasteiger partial charge in [0.05, 0.1) is 10.6 Å². The molecule has 3 aromatic carbocycles. The van der Waals surface area contributed by atoms with Crippen LogP contribution in [0, 0.1) is 5.82 Å². The van der Waals surface area contributed by atoms with Gasteiger partial charge in [-0.3, -0.25) is 4.79 Å². The summed E-state index contributed by atoms with van der Waals surface area (Å²) in [5.74, 6) is -1.09. The second-order valence-electron chi connectivity index (χ2n) is 4.61. The van der Waals surface area contributed by atoms with Crippen LogP contribution in [0.2, 0.25) is 5.02 Å². The number of rotatable bonds is 2. The van der Waals surface area contributed by atoms with Crippen molar-refractivity contribution in [2.24, 2.45) is 0 Å². The van der Waals surface area contributed by atoms with Gasteiger partial charge in [-0.15, -0.1) is 0 Å². The summed E-state index contributed by atoms with van der Waals surface area (Å²) in [5, 5.41) is 1.89. The number of carbonyl (C=O) groups excluding carboxylic acids is 1. The molecule has 0 saturated carbocycles. The van der Waals surface area contributed by atoms with E-state index in [0.717, 1.165) is 10.8 Å². The van der Waals surface area contributed by atoms with E-state index in [1.807, 2.05) is 30.3 Å². The molecule has 0 radical (unpaired) electrons. The SMILES string of the molecule is O=C(c1ccc2ccccc2c1)c1ccc(Br)c(Cl)c1F. The van der Waals surface area contributed by atoms with Crippen molar-refractivity contribution >= 4 is 44.1 Å². The summed E-state index contributed by atoms with van der Waals surface area (Å²) >= 11 is 8.97. The highest BCUT2D eigenvalue weighted by molar-refractivity contribution is 9.10. The molecule has 0 unspecified atom stereocenters. The molecular formula is C17H9BrClFO. The Labute approximate surface area is 134 Å². The highest BCUT2D eigenvalue weighted by atomic mass is 79.9. The van der Waals surface area contributed by atoms with Gasteiger partial charge in [0.1, 0.15) is 0 Å². The predicted octanol–water partition coefficient (Wildman–Crippen LogP) is 5.63. The van der Waals surface area contributed by atoms with Gasteiger partial charge in [0, 0.05) is 10.0 Å². The fourth-order valence-corrected chi connectivity index (χ4v) is 2.66. The van der Waals surface area contributed by atoms with E-state index < -0.39 is 5.82 Å². The van der Waals surface area contributed by atoms with Gasteiger partial charge in [-0.2, -0.15) is 0 Å². The Hall–Kier alpha value is -1.71. The van der Waals surface area contributed by atoms with Crippen LogP contribution < -0.4 is 0 Å².